The number of carbonyl (C=O) groups is 1. The van der Waals surface area contributed by atoms with Crippen molar-refractivity contribution in [3.63, 3.8) is 0 Å². The van der Waals surface area contributed by atoms with Crippen molar-refractivity contribution in [3.8, 4) is 0 Å². The molecule has 0 radical (unpaired) electrons. The van der Waals surface area contributed by atoms with Gasteiger partial charge in [-0.1, -0.05) is 161 Å². The number of hydrogen-bond acceptors (Lipinski definition) is 1. The lowest BCUT2D eigenvalue weighted by atomic mass is 10.1. The molecule has 2 heteroatoms. The molecule has 0 saturated carbocycles. The van der Waals surface area contributed by atoms with Crippen LogP contribution in [0.25, 0.3) is 0 Å². The van der Waals surface area contributed by atoms with E-state index in [1.807, 2.05) is 0 Å². The minimum atomic E-state index is -0.666. The van der Waals surface area contributed by atoms with Gasteiger partial charge in [0, 0.05) is 6.42 Å². The van der Waals surface area contributed by atoms with Crippen LogP contribution < -0.4 is 0 Å². The van der Waals surface area contributed by atoms with Crippen molar-refractivity contribution in [1.82, 2.24) is 0 Å². The standard InChI is InChI=1S/C40H62O2/c1-2-3-4-5-6-7-8-9-10-11-12-13-14-15-16-17-18-19-20-21-22-23-24-25-26-27-28-29-30-31-32-33-34-35-36-37-38-39-40(41)42/h3-4,6-7,9-10,12-13,15-16,18-19,21-22,24-25,27-28H,2,5,8,11,14,17,20,23,26,29-39H2,1H3,(H,41,42)/b4-3-,7-6-,10-9-,13-12-,16-15-,19-18-,22-21-,25-24-,28-27-. The zero-order valence-corrected chi connectivity index (χ0v) is 26.9. The van der Waals surface area contributed by atoms with Crippen molar-refractivity contribution in [3.05, 3.63) is 109 Å². The maximum atomic E-state index is 10.5. The molecule has 0 heterocycles. The summed E-state index contributed by atoms with van der Waals surface area (Å²) in [5, 5.41) is 8.62. The number of unbranched alkanes of at least 4 members (excludes halogenated alkanes) is 9. The molecule has 0 saturated heterocycles. The SMILES string of the molecule is CC/C=C\C/C=C\C/C=C\C/C=C\C/C=C\C/C=C\C/C=C\C/C=C\C/C=C\CCCCCCCCCCCC(=O)O. The number of carboxylic acids is 1. The Balaban J connectivity index is 3.48. The third-order valence-corrected chi connectivity index (χ3v) is 6.67. The molecule has 2 nitrogen and oxygen atoms in total. The summed E-state index contributed by atoms with van der Waals surface area (Å²) >= 11 is 0. The summed E-state index contributed by atoms with van der Waals surface area (Å²) in [6.45, 7) is 2.16. The van der Waals surface area contributed by atoms with Gasteiger partial charge in [0.2, 0.25) is 0 Å². The van der Waals surface area contributed by atoms with Crippen molar-refractivity contribution < 1.29 is 9.90 Å². The molecule has 0 aromatic carbocycles. The van der Waals surface area contributed by atoms with Crippen LogP contribution in [-0.4, -0.2) is 11.1 Å². The van der Waals surface area contributed by atoms with Crippen molar-refractivity contribution >= 4 is 5.97 Å². The summed E-state index contributed by atoms with van der Waals surface area (Å²) in [5.74, 6) is -0.666. The number of aliphatic carboxylic acids is 1. The monoisotopic (exact) mass is 574 g/mol. The number of hydrogen-bond donors (Lipinski definition) is 1. The van der Waals surface area contributed by atoms with E-state index in [2.05, 4.69) is 116 Å². The molecule has 0 aliphatic heterocycles. The maximum absolute atomic E-state index is 10.5. The van der Waals surface area contributed by atoms with E-state index < -0.39 is 5.97 Å². The van der Waals surface area contributed by atoms with E-state index in [1.54, 1.807) is 0 Å². The van der Waals surface area contributed by atoms with E-state index in [1.165, 1.54) is 51.4 Å². The van der Waals surface area contributed by atoms with Crippen LogP contribution in [0.2, 0.25) is 0 Å². The van der Waals surface area contributed by atoms with Crippen LogP contribution in [-0.2, 0) is 4.79 Å². The van der Waals surface area contributed by atoms with E-state index in [0.29, 0.717) is 6.42 Å². The average molecular weight is 575 g/mol. The summed E-state index contributed by atoms with van der Waals surface area (Å²) in [5.41, 5.74) is 0. The zero-order chi connectivity index (χ0) is 30.4. The number of rotatable bonds is 29. The number of allylic oxidation sites excluding steroid dienone is 18. The lowest BCUT2D eigenvalue weighted by Crippen LogP contribution is -1.93. The Morgan fingerprint density at radius 1 is 0.381 bits per heavy atom. The minimum Gasteiger partial charge on any atom is -0.481 e. The van der Waals surface area contributed by atoms with Gasteiger partial charge in [-0.2, -0.15) is 0 Å². The molecule has 0 unspecified atom stereocenters. The van der Waals surface area contributed by atoms with Crippen LogP contribution in [0, 0.1) is 0 Å². The quantitative estimate of drug-likeness (QED) is 0.0712. The first-order valence-electron chi connectivity index (χ1n) is 16.8. The highest BCUT2D eigenvalue weighted by Gasteiger charge is 1.96. The highest BCUT2D eigenvalue weighted by atomic mass is 16.4. The van der Waals surface area contributed by atoms with Crippen LogP contribution in [0.4, 0.5) is 0 Å². The first-order chi connectivity index (χ1) is 20.8. The Bertz CT molecular complexity index is 845. The fraction of sp³-hybridized carbons (Fsp3) is 0.525. The van der Waals surface area contributed by atoms with Gasteiger partial charge in [0.1, 0.15) is 0 Å². The minimum absolute atomic E-state index is 0.325. The van der Waals surface area contributed by atoms with Gasteiger partial charge in [0.25, 0.3) is 0 Å². The molecule has 0 amide bonds. The molecule has 0 bridgehead atoms. The van der Waals surface area contributed by atoms with Crippen molar-refractivity contribution in [2.24, 2.45) is 0 Å². The molecular formula is C40H62O2. The molecule has 0 fully saturated rings. The normalized spacial score (nSPS) is 13.2. The van der Waals surface area contributed by atoms with Crippen molar-refractivity contribution in [2.75, 3.05) is 0 Å². The Labute approximate surface area is 260 Å². The highest BCUT2D eigenvalue weighted by Crippen LogP contribution is 2.11. The summed E-state index contributed by atoms with van der Waals surface area (Å²) in [7, 11) is 0. The predicted octanol–water partition coefficient (Wildman–Crippen LogP) is 12.9. The van der Waals surface area contributed by atoms with Gasteiger partial charge in [-0.3, -0.25) is 4.79 Å². The Kier molecular flexibility index (Phi) is 33.7. The predicted molar refractivity (Wildman–Crippen MR) is 188 cm³/mol. The molecule has 0 aromatic heterocycles. The van der Waals surface area contributed by atoms with Crippen LogP contribution in [0.3, 0.4) is 0 Å². The zero-order valence-electron chi connectivity index (χ0n) is 26.9. The molecule has 0 spiro atoms. The van der Waals surface area contributed by atoms with Gasteiger partial charge < -0.3 is 5.11 Å². The number of carboxylic acid groups (broad SMARTS) is 1. The molecule has 1 N–H and O–H groups in total. The van der Waals surface area contributed by atoms with Gasteiger partial charge >= 0.3 is 5.97 Å². The Morgan fingerprint density at radius 3 is 0.952 bits per heavy atom. The largest absolute Gasteiger partial charge is 0.481 e. The third-order valence-electron chi connectivity index (χ3n) is 6.67. The summed E-state index contributed by atoms with van der Waals surface area (Å²) in [6, 6.07) is 0. The molecular weight excluding hydrogens is 512 g/mol. The molecule has 0 aliphatic carbocycles. The second-order valence-electron chi connectivity index (χ2n) is 10.7. The fourth-order valence-corrected chi connectivity index (χ4v) is 4.23. The van der Waals surface area contributed by atoms with Crippen LogP contribution in [0.5, 0.6) is 0 Å². The molecule has 0 aliphatic rings. The van der Waals surface area contributed by atoms with E-state index in [9.17, 15) is 4.79 Å². The summed E-state index contributed by atoms with van der Waals surface area (Å²) in [4.78, 5) is 10.5. The van der Waals surface area contributed by atoms with Crippen LogP contribution in [0.1, 0.15) is 135 Å². The fourth-order valence-electron chi connectivity index (χ4n) is 4.23. The van der Waals surface area contributed by atoms with E-state index in [0.717, 1.165) is 70.6 Å². The van der Waals surface area contributed by atoms with Crippen molar-refractivity contribution in [2.45, 2.75) is 135 Å². The van der Waals surface area contributed by atoms with Crippen molar-refractivity contribution in [1.29, 1.82) is 0 Å². The smallest absolute Gasteiger partial charge is 0.303 e. The topological polar surface area (TPSA) is 37.3 Å². The van der Waals surface area contributed by atoms with E-state index in [4.69, 9.17) is 5.11 Å². The first-order valence-corrected chi connectivity index (χ1v) is 16.8. The molecule has 42 heavy (non-hydrogen) atoms. The third kappa shape index (κ3) is 37.1. The molecule has 0 aromatic rings. The Hall–Kier alpha value is -2.87. The van der Waals surface area contributed by atoms with E-state index in [-0.39, 0.29) is 0 Å². The van der Waals surface area contributed by atoms with Gasteiger partial charge in [-0.15, -0.1) is 0 Å². The van der Waals surface area contributed by atoms with Crippen LogP contribution in [0.15, 0.2) is 109 Å². The molecule has 0 atom stereocenters. The molecule has 234 valence electrons. The van der Waals surface area contributed by atoms with Crippen LogP contribution >= 0.6 is 0 Å². The Morgan fingerprint density at radius 2 is 0.643 bits per heavy atom. The lowest BCUT2D eigenvalue weighted by Gasteiger charge is -2.01. The second-order valence-corrected chi connectivity index (χ2v) is 10.7. The molecule has 0 rings (SSSR count). The highest BCUT2D eigenvalue weighted by molar-refractivity contribution is 5.66. The van der Waals surface area contributed by atoms with Gasteiger partial charge in [-0.25, -0.2) is 0 Å². The van der Waals surface area contributed by atoms with Gasteiger partial charge in [0.05, 0.1) is 0 Å². The van der Waals surface area contributed by atoms with Gasteiger partial charge in [0.15, 0.2) is 0 Å². The van der Waals surface area contributed by atoms with E-state index >= 15 is 0 Å². The lowest BCUT2D eigenvalue weighted by molar-refractivity contribution is -0.137. The first kappa shape index (κ1) is 39.1. The summed E-state index contributed by atoms with van der Waals surface area (Å²) < 4.78 is 0. The van der Waals surface area contributed by atoms with Gasteiger partial charge in [-0.05, 0) is 77.0 Å². The summed E-state index contributed by atoms with van der Waals surface area (Å²) in [6.07, 6.45) is 62.1. The maximum Gasteiger partial charge on any atom is 0.303 e. The average Bonchev–Trinajstić information content (AvgIpc) is 2.98. The second kappa shape index (κ2) is 36.2.